The van der Waals surface area contributed by atoms with Crippen LogP contribution in [0, 0.1) is 11.8 Å². The highest BCUT2D eigenvalue weighted by molar-refractivity contribution is 5.76. The van der Waals surface area contributed by atoms with Gasteiger partial charge in [0.05, 0.1) is 0 Å². The smallest absolute Gasteiger partial charge is 0.323 e. The summed E-state index contributed by atoms with van der Waals surface area (Å²) in [4.78, 5) is 12.5. The molecule has 3 rings (SSSR count). The minimum atomic E-state index is -0.0382. The predicted octanol–water partition coefficient (Wildman–Crippen LogP) is 3.81. The molecule has 0 bridgehead atoms. The number of hydrogen-bond donors (Lipinski definition) is 1. The molecule has 0 spiro atoms. The summed E-state index contributed by atoms with van der Waals surface area (Å²) in [6.45, 7) is 2.22. The van der Waals surface area contributed by atoms with E-state index in [-0.39, 0.29) is 18.1 Å². The van der Waals surface area contributed by atoms with Crippen LogP contribution in [0.4, 0.5) is 0 Å². The van der Waals surface area contributed by atoms with Crippen LogP contribution >= 0.6 is 0 Å². The van der Waals surface area contributed by atoms with Crippen LogP contribution in [0.1, 0.15) is 77.6 Å². The molecule has 0 aromatic carbocycles. The number of ether oxygens (including phenoxy) is 1. The van der Waals surface area contributed by atoms with E-state index in [9.17, 15) is 4.79 Å². The Labute approximate surface area is 129 Å². The van der Waals surface area contributed by atoms with Gasteiger partial charge >= 0.3 is 5.97 Å². The van der Waals surface area contributed by atoms with E-state index >= 15 is 0 Å². The van der Waals surface area contributed by atoms with Gasteiger partial charge in [-0.25, -0.2) is 0 Å². The van der Waals surface area contributed by atoms with E-state index in [1.807, 2.05) is 0 Å². The third-order valence-corrected chi connectivity index (χ3v) is 6.07. The fourth-order valence-corrected chi connectivity index (χ4v) is 4.71. The SMILES string of the molecule is CCC1CCCCC1OC(=O)C1CCC2CCCCC2N1. The monoisotopic (exact) mass is 293 g/mol. The fraction of sp³-hybridized carbons (Fsp3) is 0.944. The molecule has 0 aromatic heterocycles. The second-order valence-electron chi connectivity index (χ2n) is 7.38. The highest BCUT2D eigenvalue weighted by Crippen LogP contribution is 2.33. The van der Waals surface area contributed by atoms with Crippen molar-refractivity contribution in [2.45, 2.75) is 95.7 Å². The zero-order chi connectivity index (χ0) is 14.7. The van der Waals surface area contributed by atoms with Crippen LogP contribution in [-0.2, 0) is 9.53 Å². The van der Waals surface area contributed by atoms with Crippen LogP contribution in [0.2, 0.25) is 0 Å². The average Bonchev–Trinajstić information content (AvgIpc) is 2.55. The zero-order valence-corrected chi connectivity index (χ0v) is 13.5. The molecule has 5 unspecified atom stereocenters. The predicted molar refractivity (Wildman–Crippen MR) is 84.0 cm³/mol. The molecule has 0 aromatic rings. The lowest BCUT2D eigenvalue weighted by Gasteiger charge is -2.40. The zero-order valence-electron chi connectivity index (χ0n) is 13.5. The number of esters is 1. The minimum Gasteiger partial charge on any atom is -0.461 e. The van der Waals surface area contributed by atoms with Crippen molar-refractivity contribution < 1.29 is 9.53 Å². The number of carbonyl (C=O) groups is 1. The Bertz CT molecular complexity index is 357. The summed E-state index contributed by atoms with van der Waals surface area (Å²) >= 11 is 0. The molecule has 1 saturated heterocycles. The first-order chi connectivity index (χ1) is 10.3. The third kappa shape index (κ3) is 3.61. The number of carbonyl (C=O) groups excluding carboxylic acids is 1. The molecule has 120 valence electrons. The first-order valence-corrected chi connectivity index (χ1v) is 9.24. The number of rotatable bonds is 3. The molecule has 3 aliphatic rings. The maximum Gasteiger partial charge on any atom is 0.323 e. The van der Waals surface area contributed by atoms with E-state index in [0.29, 0.717) is 12.0 Å². The molecular formula is C18H31NO2. The maximum absolute atomic E-state index is 12.5. The van der Waals surface area contributed by atoms with Gasteiger partial charge in [-0.3, -0.25) is 4.79 Å². The maximum atomic E-state index is 12.5. The van der Waals surface area contributed by atoms with E-state index in [1.54, 1.807) is 0 Å². The van der Waals surface area contributed by atoms with Crippen molar-refractivity contribution >= 4 is 5.97 Å². The van der Waals surface area contributed by atoms with Gasteiger partial charge in [-0.2, -0.15) is 0 Å². The molecule has 5 atom stereocenters. The summed E-state index contributed by atoms with van der Waals surface area (Å²) in [5, 5.41) is 3.60. The molecule has 2 saturated carbocycles. The average molecular weight is 293 g/mol. The van der Waals surface area contributed by atoms with Gasteiger partial charge in [0.25, 0.3) is 0 Å². The van der Waals surface area contributed by atoms with Crippen LogP contribution in [0.5, 0.6) is 0 Å². The Hall–Kier alpha value is -0.570. The van der Waals surface area contributed by atoms with Crippen LogP contribution < -0.4 is 5.32 Å². The normalized spacial score (nSPS) is 40.3. The minimum absolute atomic E-state index is 0.0318. The molecule has 0 amide bonds. The largest absolute Gasteiger partial charge is 0.461 e. The molecule has 1 aliphatic heterocycles. The van der Waals surface area contributed by atoms with Crippen LogP contribution in [0.25, 0.3) is 0 Å². The van der Waals surface area contributed by atoms with Crippen LogP contribution in [0.15, 0.2) is 0 Å². The first kappa shape index (κ1) is 15.3. The van der Waals surface area contributed by atoms with Gasteiger partial charge < -0.3 is 10.1 Å². The van der Waals surface area contributed by atoms with Gasteiger partial charge in [0.15, 0.2) is 0 Å². The second-order valence-corrected chi connectivity index (χ2v) is 7.38. The third-order valence-electron chi connectivity index (χ3n) is 6.07. The quantitative estimate of drug-likeness (QED) is 0.804. The molecule has 3 heteroatoms. The topological polar surface area (TPSA) is 38.3 Å². The summed E-state index contributed by atoms with van der Waals surface area (Å²) in [6, 6.07) is 0.530. The van der Waals surface area contributed by atoms with Crippen molar-refractivity contribution in [3.8, 4) is 0 Å². The summed E-state index contributed by atoms with van der Waals surface area (Å²) in [5.74, 6) is 1.43. The van der Waals surface area contributed by atoms with E-state index in [4.69, 9.17) is 4.74 Å². The van der Waals surface area contributed by atoms with E-state index in [1.165, 1.54) is 51.4 Å². The second kappa shape index (κ2) is 7.13. The molecule has 0 radical (unpaired) electrons. The van der Waals surface area contributed by atoms with Gasteiger partial charge in [-0.05, 0) is 63.2 Å². The molecule has 2 aliphatic carbocycles. The Morgan fingerprint density at radius 3 is 2.62 bits per heavy atom. The van der Waals surface area contributed by atoms with Crippen molar-refractivity contribution in [3.05, 3.63) is 0 Å². The van der Waals surface area contributed by atoms with Gasteiger partial charge in [-0.1, -0.05) is 26.2 Å². The molecule has 1 heterocycles. The van der Waals surface area contributed by atoms with Crippen molar-refractivity contribution in [2.24, 2.45) is 11.8 Å². The Morgan fingerprint density at radius 2 is 1.76 bits per heavy atom. The van der Waals surface area contributed by atoms with Crippen LogP contribution in [-0.4, -0.2) is 24.2 Å². The summed E-state index contributed by atoms with van der Waals surface area (Å²) < 4.78 is 5.91. The standard InChI is InChI=1S/C18H31NO2/c1-2-13-7-4-6-10-17(13)21-18(20)16-12-11-14-8-3-5-9-15(14)19-16/h13-17,19H,2-12H2,1H3. The Morgan fingerprint density at radius 1 is 1.00 bits per heavy atom. The van der Waals surface area contributed by atoms with Gasteiger partial charge in [0.1, 0.15) is 12.1 Å². The number of fused-ring (bicyclic) bond motifs is 1. The van der Waals surface area contributed by atoms with Crippen molar-refractivity contribution in [3.63, 3.8) is 0 Å². The van der Waals surface area contributed by atoms with Crippen molar-refractivity contribution in [2.75, 3.05) is 0 Å². The summed E-state index contributed by atoms with van der Waals surface area (Å²) in [5.41, 5.74) is 0. The lowest BCUT2D eigenvalue weighted by Crippen LogP contribution is -2.53. The van der Waals surface area contributed by atoms with Gasteiger partial charge in [0.2, 0.25) is 0 Å². The number of nitrogens with one attached hydrogen (secondary N) is 1. The molecule has 21 heavy (non-hydrogen) atoms. The van der Waals surface area contributed by atoms with Crippen LogP contribution in [0.3, 0.4) is 0 Å². The van der Waals surface area contributed by atoms with Gasteiger partial charge in [0, 0.05) is 6.04 Å². The van der Waals surface area contributed by atoms with Crippen molar-refractivity contribution in [1.29, 1.82) is 0 Å². The van der Waals surface area contributed by atoms with E-state index < -0.39 is 0 Å². The molecule has 3 nitrogen and oxygen atoms in total. The molecule has 1 N–H and O–H groups in total. The Balaban J connectivity index is 1.53. The highest BCUT2D eigenvalue weighted by Gasteiger charge is 2.36. The van der Waals surface area contributed by atoms with Crippen molar-refractivity contribution in [1.82, 2.24) is 5.32 Å². The van der Waals surface area contributed by atoms with E-state index in [2.05, 4.69) is 12.2 Å². The van der Waals surface area contributed by atoms with E-state index in [0.717, 1.165) is 25.2 Å². The lowest BCUT2D eigenvalue weighted by atomic mass is 9.78. The highest BCUT2D eigenvalue weighted by atomic mass is 16.5. The molecular weight excluding hydrogens is 262 g/mol. The molecule has 3 fully saturated rings. The lowest BCUT2D eigenvalue weighted by molar-refractivity contribution is -0.157. The fourth-order valence-electron chi connectivity index (χ4n) is 4.71. The first-order valence-electron chi connectivity index (χ1n) is 9.24. The number of hydrogen-bond acceptors (Lipinski definition) is 3. The number of piperidine rings is 1. The summed E-state index contributed by atoms with van der Waals surface area (Å²) in [6.07, 6.45) is 13.6. The van der Waals surface area contributed by atoms with Gasteiger partial charge in [-0.15, -0.1) is 0 Å². The Kier molecular flexibility index (Phi) is 5.20. The summed E-state index contributed by atoms with van der Waals surface area (Å²) in [7, 11) is 0.